The first-order chi connectivity index (χ1) is 7.72. The number of fused-ring (bicyclic) bond motifs is 1. The average molecular weight is 232 g/mol. The minimum absolute atomic E-state index is 0.462. The summed E-state index contributed by atoms with van der Waals surface area (Å²) in [5.74, 6) is 0.462. The van der Waals surface area contributed by atoms with E-state index in [0.717, 1.165) is 17.0 Å². The van der Waals surface area contributed by atoms with Crippen LogP contribution in [0.5, 0.6) is 0 Å². The summed E-state index contributed by atoms with van der Waals surface area (Å²) in [6.45, 7) is 5.98. The van der Waals surface area contributed by atoms with Crippen molar-refractivity contribution in [3.63, 3.8) is 0 Å². The third-order valence-corrected chi connectivity index (χ3v) is 3.02. The Hall–Kier alpha value is -1.34. The Morgan fingerprint density at radius 2 is 2.25 bits per heavy atom. The van der Waals surface area contributed by atoms with E-state index in [1.807, 2.05) is 30.5 Å². The van der Waals surface area contributed by atoms with Crippen LogP contribution in [0, 0.1) is 0 Å². The second-order valence-electron chi connectivity index (χ2n) is 3.99. The maximum Gasteiger partial charge on any atom is 0.0719 e. The third kappa shape index (κ3) is 2.10. The zero-order valence-electron chi connectivity index (χ0n) is 9.28. The van der Waals surface area contributed by atoms with Crippen LogP contribution in [0.2, 0.25) is 5.02 Å². The van der Waals surface area contributed by atoms with Gasteiger partial charge >= 0.3 is 0 Å². The highest BCUT2D eigenvalue weighted by Gasteiger charge is 2.08. The van der Waals surface area contributed by atoms with E-state index in [0.29, 0.717) is 5.92 Å². The number of pyridine rings is 1. The van der Waals surface area contributed by atoms with Gasteiger partial charge in [-0.05, 0) is 36.1 Å². The summed E-state index contributed by atoms with van der Waals surface area (Å²) in [6.07, 6.45) is 4.77. The molecule has 16 heavy (non-hydrogen) atoms. The molecule has 2 rings (SSSR count). The predicted molar refractivity (Wildman–Crippen MR) is 70.0 cm³/mol. The molecule has 0 bridgehead atoms. The molecule has 0 aliphatic heterocycles. The van der Waals surface area contributed by atoms with Gasteiger partial charge in [-0.25, -0.2) is 0 Å². The second kappa shape index (κ2) is 4.67. The van der Waals surface area contributed by atoms with Gasteiger partial charge in [-0.1, -0.05) is 30.7 Å². The number of hydrogen-bond donors (Lipinski definition) is 0. The SMILES string of the molecule is C=CCC(C)c1ccnc2cc(Cl)ccc12. The van der Waals surface area contributed by atoms with Gasteiger partial charge in [-0.15, -0.1) is 6.58 Å². The van der Waals surface area contributed by atoms with Crippen LogP contribution in [0.3, 0.4) is 0 Å². The second-order valence-corrected chi connectivity index (χ2v) is 4.42. The maximum absolute atomic E-state index is 5.96. The van der Waals surface area contributed by atoms with Crippen LogP contribution in [-0.4, -0.2) is 4.98 Å². The van der Waals surface area contributed by atoms with E-state index >= 15 is 0 Å². The van der Waals surface area contributed by atoms with Gasteiger partial charge in [-0.3, -0.25) is 4.98 Å². The van der Waals surface area contributed by atoms with Crippen molar-refractivity contribution < 1.29 is 0 Å². The molecule has 1 atom stereocenters. The Bertz CT molecular complexity index is 519. The third-order valence-electron chi connectivity index (χ3n) is 2.79. The highest BCUT2D eigenvalue weighted by molar-refractivity contribution is 6.31. The lowest BCUT2D eigenvalue weighted by atomic mass is 9.95. The molecule has 2 heteroatoms. The van der Waals surface area contributed by atoms with Gasteiger partial charge in [0.2, 0.25) is 0 Å². The molecule has 1 nitrogen and oxygen atoms in total. The van der Waals surface area contributed by atoms with Gasteiger partial charge < -0.3 is 0 Å². The minimum atomic E-state index is 0.462. The molecule has 1 aromatic heterocycles. The smallest absolute Gasteiger partial charge is 0.0719 e. The number of benzene rings is 1. The van der Waals surface area contributed by atoms with Crippen LogP contribution < -0.4 is 0 Å². The predicted octanol–water partition coefficient (Wildman–Crippen LogP) is 4.57. The molecule has 0 spiro atoms. The molecule has 0 saturated carbocycles. The Balaban J connectivity index is 2.57. The normalized spacial score (nSPS) is 12.6. The summed E-state index contributed by atoms with van der Waals surface area (Å²) in [5, 5.41) is 1.91. The largest absolute Gasteiger partial charge is 0.256 e. The van der Waals surface area contributed by atoms with Crippen molar-refractivity contribution in [2.75, 3.05) is 0 Å². The first-order valence-electron chi connectivity index (χ1n) is 5.37. The summed E-state index contributed by atoms with van der Waals surface area (Å²) in [7, 11) is 0. The fraction of sp³-hybridized carbons (Fsp3) is 0.214. The van der Waals surface area contributed by atoms with Gasteiger partial charge in [0, 0.05) is 16.6 Å². The Kier molecular flexibility index (Phi) is 3.25. The molecule has 0 saturated heterocycles. The average Bonchev–Trinajstić information content (AvgIpc) is 2.28. The van der Waals surface area contributed by atoms with Crippen LogP contribution in [0.15, 0.2) is 43.1 Å². The van der Waals surface area contributed by atoms with Gasteiger partial charge in [0.1, 0.15) is 0 Å². The van der Waals surface area contributed by atoms with Crippen LogP contribution >= 0.6 is 11.6 Å². The highest BCUT2D eigenvalue weighted by Crippen LogP contribution is 2.28. The van der Waals surface area contributed by atoms with E-state index < -0.39 is 0 Å². The van der Waals surface area contributed by atoms with Crippen molar-refractivity contribution in [1.29, 1.82) is 0 Å². The van der Waals surface area contributed by atoms with Crippen molar-refractivity contribution in [2.24, 2.45) is 0 Å². The number of aromatic nitrogens is 1. The minimum Gasteiger partial charge on any atom is -0.256 e. The molecule has 0 aliphatic carbocycles. The maximum atomic E-state index is 5.96. The Labute approximate surface area is 101 Å². The summed E-state index contributed by atoms with van der Waals surface area (Å²) in [5.41, 5.74) is 2.27. The lowest BCUT2D eigenvalue weighted by Crippen LogP contribution is -1.94. The van der Waals surface area contributed by atoms with Crippen molar-refractivity contribution in [3.8, 4) is 0 Å². The number of rotatable bonds is 3. The van der Waals surface area contributed by atoms with Crippen LogP contribution in [0.1, 0.15) is 24.8 Å². The molecular formula is C14H14ClN. The molecule has 0 N–H and O–H groups in total. The zero-order chi connectivity index (χ0) is 11.5. The molecule has 0 amide bonds. The Morgan fingerprint density at radius 1 is 1.44 bits per heavy atom. The molecule has 82 valence electrons. The lowest BCUT2D eigenvalue weighted by molar-refractivity contribution is 0.788. The molecule has 1 unspecified atom stereocenters. The Morgan fingerprint density at radius 3 is 3.00 bits per heavy atom. The summed E-state index contributed by atoms with van der Waals surface area (Å²) < 4.78 is 0. The molecule has 0 radical (unpaired) electrons. The van der Waals surface area contributed by atoms with Gasteiger partial charge in [0.25, 0.3) is 0 Å². The fourth-order valence-corrected chi connectivity index (χ4v) is 2.12. The number of halogens is 1. The van der Waals surface area contributed by atoms with E-state index in [1.165, 1.54) is 10.9 Å². The molecule has 1 heterocycles. The van der Waals surface area contributed by atoms with Crippen LogP contribution in [0.25, 0.3) is 10.9 Å². The van der Waals surface area contributed by atoms with Crippen LogP contribution in [0.4, 0.5) is 0 Å². The van der Waals surface area contributed by atoms with E-state index in [2.05, 4.69) is 24.6 Å². The zero-order valence-corrected chi connectivity index (χ0v) is 10.0. The molecule has 0 fully saturated rings. The van der Waals surface area contributed by atoms with E-state index in [1.54, 1.807) is 0 Å². The van der Waals surface area contributed by atoms with Crippen molar-refractivity contribution in [2.45, 2.75) is 19.3 Å². The van der Waals surface area contributed by atoms with Crippen molar-refractivity contribution >= 4 is 22.5 Å². The fourth-order valence-electron chi connectivity index (χ4n) is 1.95. The molecule has 1 aromatic carbocycles. The monoisotopic (exact) mass is 231 g/mol. The van der Waals surface area contributed by atoms with Crippen molar-refractivity contribution in [1.82, 2.24) is 4.98 Å². The highest BCUT2D eigenvalue weighted by atomic mass is 35.5. The quantitative estimate of drug-likeness (QED) is 0.706. The summed E-state index contributed by atoms with van der Waals surface area (Å²) >= 11 is 5.96. The first kappa shape index (κ1) is 11.2. The number of hydrogen-bond acceptors (Lipinski definition) is 1. The summed E-state index contributed by atoms with van der Waals surface area (Å²) in [4.78, 5) is 4.33. The van der Waals surface area contributed by atoms with Gasteiger partial charge in [-0.2, -0.15) is 0 Å². The van der Waals surface area contributed by atoms with E-state index in [4.69, 9.17) is 11.6 Å². The first-order valence-corrected chi connectivity index (χ1v) is 5.75. The molecule has 0 aliphatic rings. The number of nitrogens with zero attached hydrogens (tertiary/aromatic N) is 1. The lowest BCUT2D eigenvalue weighted by Gasteiger charge is -2.12. The number of allylic oxidation sites excluding steroid dienone is 1. The van der Waals surface area contributed by atoms with Gasteiger partial charge in [0.15, 0.2) is 0 Å². The summed E-state index contributed by atoms with van der Waals surface area (Å²) in [6, 6.07) is 7.93. The van der Waals surface area contributed by atoms with E-state index in [-0.39, 0.29) is 0 Å². The molecular weight excluding hydrogens is 218 g/mol. The van der Waals surface area contributed by atoms with E-state index in [9.17, 15) is 0 Å². The van der Waals surface area contributed by atoms with Gasteiger partial charge in [0.05, 0.1) is 5.52 Å². The topological polar surface area (TPSA) is 12.9 Å². The van der Waals surface area contributed by atoms with Crippen LogP contribution in [-0.2, 0) is 0 Å². The molecule has 2 aromatic rings. The van der Waals surface area contributed by atoms with Crippen molar-refractivity contribution in [3.05, 3.63) is 53.7 Å². The standard InChI is InChI=1S/C14H14ClN/c1-3-4-10(2)12-7-8-16-14-9-11(15)5-6-13(12)14/h3,5-10H,1,4H2,2H3.